The van der Waals surface area contributed by atoms with Crippen molar-refractivity contribution >= 4 is 19.0 Å². The van der Waals surface area contributed by atoms with Gasteiger partial charge < -0.3 is 31.6 Å². The van der Waals surface area contributed by atoms with Gasteiger partial charge in [0.2, 0.25) is 5.91 Å². The molecule has 146 valence electrons. The number of hydrogen-bond acceptors (Lipinski definition) is 6. The molecular formula is C19H22BN3O5. The summed E-state index contributed by atoms with van der Waals surface area (Å²) in [5, 5.41) is 22.2. The average Bonchev–Trinajstić information content (AvgIpc) is 2.67. The van der Waals surface area contributed by atoms with Crippen LogP contribution < -0.4 is 21.4 Å². The molecule has 9 heteroatoms. The highest BCUT2D eigenvalue weighted by atomic mass is 16.5. The summed E-state index contributed by atoms with van der Waals surface area (Å²) in [4.78, 5) is 23.8. The molecule has 0 spiro atoms. The van der Waals surface area contributed by atoms with Crippen molar-refractivity contribution < 1.29 is 24.4 Å². The van der Waals surface area contributed by atoms with Gasteiger partial charge in [-0.3, -0.25) is 4.79 Å². The number of fused-ring (bicyclic) bond motifs is 1. The number of benzene rings is 2. The molecule has 28 heavy (non-hydrogen) atoms. The molecule has 0 radical (unpaired) electrons. The summed E-state index contributed by atoms with van der Waals surface area (Å²) in [5.41, 5.74) is 14.5. The van der Waals surface area contributed by atoms with Crippen molar-refractivity contribution in [3.05, 3.63) is 64.2 Å². The Balaban J connectivity index is 1.71. The Morgan fingerprint density at radius 1 is 1.14 bits per heavy atom. The molecule has 0 aromatic heterocycles. The Hall–Kier alpha value is -2.88. The van der Waals surface area contributed by atoms with Gasteiger partial charge in [-0.15, -0.1) is 0 Å². The van der Waals surface area contributed by atoms with Gasteiger partial charge in [-0.2, -0.15) is 0 Å². The zero-order valence-corrected chi connectivity index (χ0v) is 15.2. The van der Waals surface area contributed by atoms with Crippen molar-refractivity contribution in [3.63, 3.8) is 0 Å². The molecular weight excluding hydrogens is 361 g/mol. The van der Waals surface area contributed by atoms with Crippen LogP contribution in [0.25, 0.3) is 0 Å². The third-order valence-electron chi connectivity index (χ3n) is 4.64. The van der Waals surface area contributed by atoms with Gasteiger partial charge in [0, 0.05) is 13.1 Å². The summed E-state index contributed by atoms with van der Waals surface area (Å²) in [6.45, 7) is 0.695. The Bertz CT molecular complexity index is 883. The van der Waals surface area contributed by atoms with Crippen LogP contribution in [0.4, 0.5) is 0 Å². The molecule has 1 amide bonds. The molecule has 0 saturated carbocycles. The number of carbonyl (C=O) groups excluding carboxylic acids is 1. The monoisotopic (exact) mass is 383 g/mol. The first-order valence-electron chi connectivity index (χ1n) is 8.92. The van der Waals surface area contributed by atoms with E-state index in [1.54, 1.807) is 12.1 Å². The van der Waals surface area contributed by atoms with Crippen LogP contribution in [0.15, 0.2) is 36.4 Å². The molecule has 1 heterocycles. The van der Waals surface area contributed by atoms with Crippen molar-refractivity contribution in [2.24, 2.45) is 11.5 Å². The largest absolute Gasteiger partial charge is 0.547 e. The van der Waals surface area contributed by atoms with Crippen molar-refractivity contribution in [1.82, 2.24) is 5.32 Å². The molecule has 0 saturated heterocycles. The highest BCUT2D eigenvalue weighted by Crippen LogP contribution is 2.30. The number of carbonyl (C=O) groups is 2. The van der Waals surface area contributed by atoms with E-state index in [1.165, 1.54) is 6.07 Å². The lowest BCUT2D eigenvalue weighted by atomic mass is 9.72. The number of amides is 1. The molecule has 1 aliphatic rings. The Labute approximate surface area is 162 Å². The predicted octanol–water partition coefficient (Wildman–Crippen LogP) is -0.0157. The van der Waals surface area contributed by atoms with Crippen LogP contribution in [0, 0.1) is 0 Å². The molecule has 3 rings (SSSR count). The molecule has 0 bridgehead atoms. The lowest BCUT2D eigenvalue weighted by Gasteiger charge is -2.29. The van der Waals surface area contributed by atoms with E-state index in [4.69, 9.17) is 16.1 Å². The molecule has 1 atom stereocenters. The second-order valence-electron chi connectivity index (χ2n) is 6.73. The summed E-state index contributed by atoms with van der Waals surface area (Å²) in [5.74, 6) is -1.98. The first kappa shape index (κ1) is 19.9. The molecule has 0 aliphatic carbocycles. The summed E-state index contributed by atoms with van der Waals surface area (Å²) in [7, 11) is -1.34. The van der Waals surface area contributed by atoms with Crippen molar-refractivity contribution in [1.29, 1.82) is 0 Å². The van der Waals surface area contributed by atoms with E-state index in [-0.39, 0.29) is 30.1 Å². The van der Waals surface area contributed by atoms with E-state index in [0.717, 1.165) is 16.7 Å². The molecule has 2 aromatic carbocycles. The van der Waals surface area contributed by atoms with Gasteiger partial charge in [-0.05, 0) is 34.7 Å². The molecule has 1 aliphatic heterocycles. The number of rotatable bonds is 6. The number of para-hydroxylation sites is 1. The predicted molar refractivity (Wildman–Crippen MR) is 104 cm³/mol. The van der Waals surface area contributed by atoms with Gasteiger partial charge in [0.15, 0.2) is 0 Å². The molecule has 7 N–H and O–H groups in total. The van der Waals surface area contributed by atoms with E-state index < -0.39 is 19.0 Å². The van der Waals surface area contributed by atoms with Gasteiger partial charge >= 0.3 is 13.1 Å². The number of carboxylic acid groups (broad SMARTS) is 1. The molecule has 0 unspecified atom stereocenters. The van der Waals surface area contributed by atoms with Crippen LogP contribution in [0.3, 0.4) is 0 Å². The van der Waals surface area contributed by atoms with E-state index in [9.17, 15) is 19.7 Å². The summed E-state index contributed by atoms with van der Waals surface area (Å²) >= 11 is 0. The molecule has 2 aromatic rings. The van der Waals surface area contributed by atoms with Crippen LogP contribution in [0.2, 0.25) is 0 Å². The highest BCUT2D eigenvalue weighted by molar-refractivity contribution is 6.47. The zero-order chi connectivity index (χ0) is 20.3. The summed E-state index contributed by atoms with van der Waals surface area (Å²) < 4.78 is 5.39. The number of aromatic carboxylic acids is 1. The van der Waals surface area contributed by atoms with Crippen LogP contribution in [-0.2, 0) is 30.7 Å². The van der Waals surface area contributed by atoms with Gasteiger partial charge in [0.1, 0.15) is 5.75 Å². The second-order valence-corrected chi connectivity index (χ2v) is 6.73. The maximum atomic E-state index is 12.5. The van der Waals surface area contributed by atoms with E-state index >= 15 is 0 Å². The summed E-state index contributed by atoms with van der Waals surface area (Å²) in [6.07, 6.45) is 0.367. The maximum Gasteiger partial charge on any atom is 0.547 e. The second kappa shape index (κ2) is 8.43. The first-order chi connectivity index (χ1) is 13.4. The quantitative estimate of drug-likeness (QED) is 0.441. The minimum Gasteiger partial charge on any atom is -0.534 e. The Morgan fingerprint density at radius 2 is 1.79 bits per heavy atom. The van der Waals surface area contributed by atoms with Crippen LogP contribution in [0.1, 0.15) is 32.6 Å². The fraction of sp³-hybridized carbons (Fsp3) is 0.263. The van der Waals surface area contributed by atoms with Gasteiger partial charge in [0.05, 0.1) is 17.9 Å². The number of nitrogens with two attached hydrogens (primary N) is 2. The first-order valence-corrected chi connectivity index (χ1v) is 8.92. The van der Waals surface area contributed by atoms with Gasteiger partial charge in [0.25, 0.3) is 0 Å². The Kier molecular flexibility index (Phi) is 5.98. The number of hydrogen-bond donors (Lipinski definition) is 5. The average molecular weight is 383 g/mol. The topological polar surface area (TPSA) is 148 Å². The van der Waals surface area contributed by atoms with Crippen molar-refractivity contribution in [2.45, 2.75) is 31.9 Å². The van der Waals surface area contributed by atoms with E-state index in [2.05, 4.69) is 5.32 Å². The normalized spacial score (nSPS) is 15.5. The minimum atomic E-state index is -1.34. The lowest BCUT2D eigenvalue weighted by molar-refractivity contribution is -0.120. The Morgan fingerprint density at radius 3 is 2.39 bits per heavy atom. The summed E-state index contributed by atoms with van der Waals surface area (Å²) in [6, 6.07) is 10.3. The molecule has 8 nitrogen and oxygen atoms in total. The standard InChI is InChI=1S/C19H22BN3O5/c21-9-12-4-11(5-13(6-12)10-22)7-17(24)23-16-8-14-2-1-3-15(19(25)26)18(14)28-20(16)27/h1-6,16,27H,7-10,21-22H2,(H,23,24)(H,25,26)/t16-/m0/s1. The third kappa shape index (κ3) is 4.33. The zero-order valence-electron chi connectivity index (χ0n) is 15.2. The minimum absolute atomic E-state index is 0.0192. The third-order valence-corrected chi connectivity index (χ3v) is 4.64. The van der Waals surface area contributed by atoms with E-state index in [0.29, 0.717) is 18.7 Å². The number of nitrogens with one attached hydrogen (secondary N) is 1. The molecule has 0 fully saturated rings. The van der Waals surface area contributed by atoms with Crippen LogP contribution in [0.5, 0.6) is 5.75 Å². The van der Waals surface area contributed by atoms with E-state index in [1.807, 2.05) is 18.2 Å². The van der Waals surface area contributed by atoms with Crippen LogP contribution in [-0.4, -0.2) is 35.1 Å². The van der Waals surface area contributed by atoms with Crippen LogP contribution >= 0.6 is 0 Å². The lowest BCUT2D eigenvalue weighted by Crippen LogP contribution is -2.53. The maximum absolute atomic E-state index is 12.5. The fourth-order valence-electron chi connectivity index (χ4n) is 3.34. The van der Waals surface area contributed by atoms with Gasteiger partial charge in [-0.1, -0.05) is 30.3 Å². The van der Waals surface area contributed by atoms with Gasteiger partial charge in [-0.25, -0.2) is 4.79 Å². The van der Waals surface area contributed by atoms with Crippen molar-refractivity contribution in [2.75, 3.05) is 0 Å². The fourth-order valence-corrected chi connectivity index (χ4v) is 3.34. The van der Waals surface area contributed by atoms with Crippen molar-refractivity contribution in [3.8, 4) is 5.75 Å². The smallest absolute Gasteiger partial charge is 0.534 e. The SMILES string of the molecule is NCc1cc(CN)cc(CC(=O)N[C@H]2Cc3cccc(C(=O)O)c3OB2O)c1. The number of carboxylic acids is 1. The highest BCUT2D eigenvalue weighted by Gasteiger charge is 2.37.